The van der Waals surface area contributed by atoms with Crippen LogP contribution in [0, 0.1) is 5.95 Å². The Morgan fingerprint density at radius 3 is 2.71 bits per heavy atom. The van der Waals surface area contributed by atoms with Gasteiger partial charge in [0.2, 0.25) is 17.8 Å². The Morgan fingerprint density at radius 2 is 2.00 bits per heavy atom. The van der Waals surface area contributed by atoms with E-state index in [4.69, 9.17) is 5.73 Å². The number of rotatable bonds is 6. The molecular formula is C20H19FN6O4. The highest BCUT2D eigenvalue weighted by Gasteiger charge is 2.45. The van der Waals surface area contributed by atoms with Crippen molar-refractivity contribution in [3.05, 3.63) is 53.2 Å². The highest BCUT2D eigenvalue weighted by atomic mass is 19.1. The van der Waals surface area contributed by atoms with Gasteiger partial charge in [-0.05, 0) is 18.1 Å². The first kappa shape index (κ1) is 20.5. The Bertz CT molecular complexity index is 1090. The quantitative estimate of drug-likeness (QED) is 0.486. The Balaban J connectivity index is 1.67. The van der Waals surface area contributed by atoms with Gasteiger partial charge >= 0.3 is 0 Å². The minimum absolute atomic E-state index is 0.0419. The van der Waals surface area contributed by atoms with Crippen LogP contribution in [0.3, 0.4) is 0 Å². The molecule has 0 spiro atoms. The molecule has 11 heteroatoms. The summed E-state index contributed by atoms with van der Waals surface area (Å²) in [7, 11) is 0. The summed E-state index contributed by atoms with van der Waals surface area (Å²) in [6, 6.07) is 4.94. The van der Waals surface area contributed by atoms with E-state index in [1.54, 1.807) is 17.0 Å². The standard InChI is InChI=1S/C20H19FN6O4/c21-14-8-15(24-10-23-14)26(7-6-22)9-11-2-1-3-12-17(11)20(31)27(19(12)30)13-4-5-16(28)25-18(13)29/h1-3,8,10,13H,4-7,9,22H2,(H,25,28,29). The van der Waals surface area contributed by atoms with Gasteiger partial charge in [-0.2, -0.15) is 4.39 Å². The van der Waals surface area contributed by atoms with Crippen LogP contribution in [-0.2, 0) is 16.1 Å². The molecule has 31 heavy (non-hydrogen) atoms. The summed E-state index contributed by atoms with van der Waals surface area (Å²) in [5.41, 5.74) is 6.55. The topological polar surface area (TPSA) is 139 Å². The molecule has 2 aliphatic rings. The summed E-state index contributed by atoms with van der Waals surface area (Å²) >= 11 is 0. The second-order valence-corrected chi connectivity index (χ2v) is 7.20. The summed E-state index contributed by atoms with van der Waals surface area (Å²) in [6.07, 6.45) is 1.20. The summed E-state index contributed by atoms with van der Waals surface area (Å²) in [5, 5.41) is 2.17. The molecule has 0 radical (unpaired) electrons. The third-order valence-corrected chi connectivity index (χ3v) is 5.26. The Morgan fingerprint density at radius 1 is 1.19 bits per heavy atom. The molecule has 0 aliphatic carbocycles. The van der Waals surface area contributed by atoms with Crippen LogP contribution in [-0.4, -0.2) is 57.6 Å². The molecule has 1 atom stereocenters. The van der Waals surface area contributed by atoms with Crippen molar-refractivity contribution in [2.75, 3.05) is 18.0 Å². The number of anilines is 1. The van der Waals surface area contributed by atoms with E-state index < -0.39 is 35.6 Å². The molecule has 3 N–H and O–H groups in total. The van der Waals surface area contributed by atoms with E-state index in [1.165, 1.54) is 6.07 Å². The summed E-state index contributed by atoms with van der Waals surface area (Å²) in [5.74, 6) is -2.72. The Kier molecular flexibility index (Phi) is 5.42. The lowest BCUT2D eigenvalue weighted by molar-refractivity contribution is -0.136. The van der Waals surface area contributed by atoms with E-state index >= 15 is 0 Å². The van der Waals surface area contributed by atoms with E-state index in [-0.39, 0.29) is 42.9 Å². The predicted molar refractivity (Wildman–Crippen MR) is 105 cm³/mol. The first-order valence-corrected chi connectivity index (χ1v) is 9.66. The fourth-order valence-electron chi connectivity index (χ4n) is 3.85. The molecule has 0 bridgehead atoms. The molecule has 0 saturated carbocycles. The maximum Gasteiger partial charge on any atom is 0.262 e. The van der Waals surface area contributed by atoms with E-state index in [0.717, 1.165) is 17.3 Å². The average molecular weight is 426 g/mol. The van der Waals surface area contributed by atoms with Gasteiger partial charge in [0.1, 0.15) is 18.2 Å². The number of carbonyl (C=O) groups is 4. The van der Waals surface area contributed by atoms with Gasteiger partial charge in [0.15, 0.2) is 0 Å². The molecule has 1 saturated heterocycles. The number of hydrogen-bond donors (Lipinski definition) is 2. The van der Waals surface area contributed by atoms with Crippen LogP contribution in [0.15, 0.2) is 30.6 Å². The highest BCUT2D eigenvalue weighted by Crippen LogP contribution is 2.31. The lowest BCUT2D eigenvalue weighted by atomic mass is 10.0. The molecule has 1 unspecified atom stereocenters. The lowest BCUT2D eigenvalue weighted by Crippen LogP contribution is -2.54. The lowest BCUT2D eigenvalue weighted by Gasteiger charge is -2.28. The van der Waals surface area contributed by atoms with Crippen LogP contribution >= 0.6 is 0 Å². The molecule has 1 aromatic carbocycles. The molecule has 160 valence electrons. The Labute approximate surface area is 176 Å². The smallest absolute Gasteiger partial charge is 0.262 e. The van der Waals surface area contributed by atoms with Crippen LogP contribution < -0.4 is 16.0 Å². The van der Waals surface area contributed by atoms with Crippen molar-refractivity contribution < 1.29 is 23.6 Å². The van der Waals surface area contributed by atoms with Crippen LogP contribution in [0.25, 0.3) is 0 Å². The van der Waals surface area contributed by atoms with Gasteiger partial charge in [0.25, 0.3) is 11.8 Å². The van der Waals surface area contributed by atoms with Crippen molar-refractivity contribution in [3.63, 3.8) is 0 Å². The molecule has 2 aromatic rings. The van der Waals surface area contributed by atoms with Crippen molar-refractivity contribution >= 4 is 29.4 Å². The molecule has 3 heterocycles. The molecule has 1 fully saturated rings. The maximum atomic E-state index is 13.6. The number of imide groups is 2. The number of piperidine rings is 1. The van der Waals surface area contributed by atoms with Crippen molar-refractivity contribution in [2.45, 2.75) is 25.4 Å². The maximum absolute atomic E-state index is 13.6. The first-order chi connectivity index (χ1) is 14.9. The van der Waals surface area contributed by atoms with Gasteiger partial charge in [-0.3, -0.25) is 29.4 Å². The Hall–Kier alpha value is -3.73. The first-order valence-electron chi connectivity index (χ1n) is 9.66. The van der Waals surface area contributed by atoms with Crippen molar-refractivity contribution in [1.82, 2.24) is 20.2 Å². The number of fused-ring (bicyclic) bond motifs is 1. The molecule has 1 aromatic heterocycles. The molecule has 10 nitrogen and oxygen atoms in total. The van der Waals surface area contributed by atoms with Gasteiger partial charge in [-0.25, -0.2) is 9.97 Å². The number of nitrogens with zero attached hydrogens (tertiary/aromatic N) is 4. The average Bonchev–Trinajstić information content (AvgIpc) is 2.99. The third kappa shape index (κ3) is 3.75. The molecule has 4 amide bonds. The van der Waals surface area contributed by atoms with E-state index in [9.17, 15) is 23.6 Å². The summed E-state index contributed by atoms with van der Waals surface area (Å²) < 4.78 is 13.6. The van der Waals surface area contributed by atoms with Gasteiger partial charge in [-0.15, -0.1) is 0 Å². The largest absolute Gasteiger partial charge is 0.351 e. The van der Waals surface area contributed by atoms with Crippen molar-refractivity contribution in [3.8, 4) is 0 Å². The summed E-state index contributed by atoms with van der Waals surface area (Å²) in [6.45, 7) is 0.702. The van der Waals surface area contributed by atoms with E-state index in [0.29, 0.717) is 12.1 Å². The zero-order valence-electron chi connectivity index (χ0n) is 16.4. The normalized spacial score (nSPS) is 18.3. The fraction of sp³-hybridized carbons (Fsp3) is 0.300. The van der Waals surface area contributed by atoms with Crippen LogP contribution in [0.2, 0.25) is 0 Å². The minimum Gasteiger partial charge on any atom is -0.351 e. The number of carbonyl (C=O) groups excluding carboxylic acids is 4. The second-order valence-electron chi connectivity index (χ2n) is 7.20. The van der Waals surface area contributed by atoms with Crippen LogP contribution in [0.1, 0.15) is 39.1 Å². The number of nitrogens with two attached hydrogens (primary N) is 1. The van der Waals surface area contributed by atoms with Crippen LogP contribution in [0.4, 0.5) is 10.2 Å². The van der Waals surface area contributed by atoms with Gasteiger partial charge < -0.3 is 10.6 Å². The number of amides is 4. The fourth-order valence-corrected chi connectivity index (χ4v) is 3.85. The predicted octanol–water partition coefficient (Wildman–Crippen LogP) is -0.0178. The van der Waals surface area contributed by atoms with E-state index in [2.05, 4.69) is 15.3 Å². The zero-order valence-corrected chi connectivity index (χ0v) is 16.4. The molecule has 4 rings (SSSR count). The number of benzene rings is 1. The minimum atomic E-state index is -1.05. The van der Waals surface area contributed by atoms with E-state index in [1.807, 2.05) is 0 Å². The van der Waals surface area contributed by atoms with Crippen LogP contribution in [0.5, 0.6) is 0 Å². The number of halogens is 1. The third-order valence-electron chi connectivity index (χ3n) is 5.26. The number of aromatic nitrogens is 2. The highest BCUT2D eigenvalue weighted by molar-refractivity contribution is 6.24. The van der Waals surface area contributed by atoms with Crippen molar-refractivity contribution in [1.29, 1.82) is 0 Å². The van der Waals surface area contributed by atoms with Gasteiger partial charge in [0, 0.05) is 32.1 Å². The summed E-state index contributed by atoms with van der Waals surface area (Å²) in [4.78, 5) is 59.9. The van der Waals surface area contributed by atoms with Gasteiger partial charge in [0.05, 0.1) is 11.1 Å². The SMILES string of the molecule is NCCN(Cc1cccc2c1C(=O)N(C1CCC(=O)NC1=O)C2=O)c1cc(F)ncn1. The molecule has 2 aliphatic heterocycles. The number of nitrogens with one attached hydrogen (secondary N) is 1. The molecular weight excluding hydrogens is 407 g/mol. The zero-order chi connectivity index (χ0) is 22.1. The number of hydrogen-bond acceptors (Lipinski definition) is 8. The monoisotopic (exact) mass is 426 g/mol. The van der Waals surface area contributed by atoms with Gasteiger partial charge in [-0.1, -0.05) is 12.1 Å². The second kappa shape index (κ2) is 8.19. The van der Waals surface area contributed by atoms with Crippen molar-refractivity contribution in [2.24, 2.45) is 5.73 Å².